The smallest absolute Gasteiger partial charge is 0.322 e. The van der Waals surface area contributed by atoms with Gasteiger partial charge in [0.05, 0.1) is 5.41 Å². The number of carbonyl (C=O) groups is 4. The summed E-state index contributed by atoms with van der Waals surface area (Å²) in [4.78, 5) is 50.1. The first-order valence-corrected chi connectivity index (χ1v) is 8.80. The van der Waals surface area contributed by atoms with Crippen molar-refractivity contribution in [2.75, 3.05) is 18.4 Å². The first-order chi connectivity index (χ1) is 12.5. The number of hydrogen-bond donors (Lipinski definition) is 3. The van der Waals surface area contributed by atoms with Crippen LogP contribution in [-0.2, 0) is 19.8 Å². The third kappa shape index (κ3) is 2.61. The highest BCUT2D eigenvalue weighted by Crippen LogP contribution is 2.44. The van der Waals surface area contributed by atoms with E-state index in [2.05, 4.69) is 16.0 Å². The summed E-state index contributed by atoms with van der Waals surface area (Å²) in [5.41, 5.74) is 1.25. The third-order valence-corrected chi connectivity index (χ3v) is 5.57. The molecule has 1 atom stereocenters. The number of nitrogens with one attached hydrogen (secondary N) is 3. The summed E-state index contributed by atoms with van der Waals surface area (Å²) in [5, 5.41) is 7.66. The largest absolute Gasteiger partial charge is 0.341 e. The average Bonchev–Trinajstić information content (AvgIpc) is 2.78. The fraction of sp³-hybridized carbons (Fsp3) is 0.444. The van der Waals surface area contributed by atoms with Crippen LogP contribution in [0.5, 0.6) is 0 Å². The molecule has 0 unspecified atom stereocenters. The standard InChI is InChI=1S/C18H20N4O4/c23-14-6-5-13(20-17(26)21-14)15(24)22-9-7-18(8-10-22)11-3-1-2-4-12(11)19-16(18)25/h1-4,13H,5-10H2,(H,19,25)(H2,20,21,23,26)/t13-/m0/s1. The van der Waals surface area contributed by atoms with Crippen LogP contribution in [0, 0.1) is 0 Å². The van der Waals surface area contributed by atoms with E-state index in [9.17, 15) is 19.2 Å². The molecule has 1 aromatic rings. The van der Waals surface area contributed by atoms with Crippen LogP contribution < -0.4 is 16.0 Å². The Morgan fingerprint density at radius 2 is 1.81 bits per heavy atom. The normalized spacial score (nSPS) is 24.4. The van der Waals surface area contributed by atoms with Crippen molar-refractivity contribution in [1.82, 2.24) is 15.5 Å². The highest BCUT2D eigenvalue weighted by atomic mass is 16.2. The van der Waals surface area contributed by atoms with Gasteiger partial charge in [0.15, 0.2) is 0 Å². The van der Waals surface area contributed by atoms with Crippen LogP contribution in [0.3, 0.4) is 0 Å². The van der Waals surface area contributed by atoms with E-state index < -0.39 is 17.5 Å². The second-order valence-electron chi connectivity index (χ2n) is 7.02. The van der Waals surface area contributed by atoms with Gasteiger partial charge in [0.25, 0.3) is 0 Å². The van der Waals surface area contributed by atoms with Crippen LogP contribution in [0.4, 0.5) is 10.5 Å². The lowest BCUT2D eigenvalue weighted by Gasteiger charge is -2.39. The third-order valence-electron chi connectivity index (χ3n) is 5.57. The SMILES string of the molecule is O=C1CC[C@@H](C(=O)N2CCC3(CC2)C(=O)Nc2ccccc23)NC(=O)N1. The number of piperidine rings is 1. The van der Waals surface area contributed by atoms with E-state index in [0.29, 0.717) is 25.9 Å². The Kier molecular flexibility index (Phi) is 3.90. The molecule has 3 aliphatic heterocycles. The van der Waals surface area contributed by atoms with E-state index in [1.165, 1.54) is 0 Å². The van der Waals surface area contributed by atoms with Gasteiger partial charge in [0.1, 0.15) is 6.04 Å². The first kappa shape index (κ1) is 16.6. The summed E-state index contributed by atoms with van der Waals surface area (Å²) in [7, 11) is 0. The average molecular weight is 356 g/mol. The molecule has 0 saturated carbocycles. The Morgan fingerprint density at radius 3 is 2.58 bits per heavy atom. The van der Waals surface area contributed by atoms with Gasteiger partial charge in [0.2, 0.25) is 17.7 Å². The van der Waals surface area contributed by atoms with Gasteiger partial charge >= 0.3 is 6.03 Å². The number of carbonyl (C=O) groups excluding carboxylic acids is 4. The molecule has 0 aromatic heterocycles. The van der Waals surface area contributed by atoms with Crippen molar-refractivity contribution < 1.29 is 19.2 Å². The van der Waals surface area contributed by atoms with Crippen molar-refractivity contribution in [2.45, 2.75) is 37.1 Å². The molecule has 0 aliphatic carbocycles. The molecular formula is C18H20N4O4. The molecule has 0 bridgehead atoms. The summed E-state index contributed by atoms with van der Waals surface area (Å²) in [5.74, 6) is -0.589. The van der Waals surface area contributed by atoms with Crippen LogP contribution in [0.25, 0.3) is 0 Å². The zero-order valence-electron chi connectivity index (χ0n) is 14.2. The maximum Gasteiger partial charge on any atom is 0.322 e. The number of nitrogens with zero attached hydrogens (tertiary/aromatic N) is 1. The van der Waals surface area contributed by atoms with E-state index in [4.69, 9.17) is 0 Å². The minimum atomic E-state index is -0.708. The summed E-state index contributed by atoms with van der Waals surface area (Å²) >= 11 is 0. The number of imide groups is 1. The molecule has 0 radical (unpaired) electrons. The topological polar surface area (TPSA) is 108 Å². The van der Waals surface area contributed by atoms with Crippen molar-refractivity contribution >= 4 is 29.4 Å². The van der Waals surface area contributed by atoms with E-state index in [0.717, 1.165) is 11.3 Å². The summed E-state index contributed by atoms with van der Waals surface area (Å²) in [6.07, 6.45) is 1.49. The van der Waals surface area contributed by atoms with Crippen LogP contribution in [0.2, 0.25) is 0 Å². The quantitative estimate of drug-likeness (QED) is 0.680. The number of anilines is 1. The van der Waals surface area contributed by atoms with Crippen molar-refractivity contribution in [2.24, 2.45) is 0 Å². The zero-order chi connectivity index (χ0) is 18.3. The lowest BCUT2D eigenvalue weighted by molar-refractivity contribution is -0.137. The summed E-state index contributed by atoms with van der Waals surface area (Å²) in [6.45, 7) is 0.878. The van der Waals surface area contributed by atoms with Gasteiger partial charge in [-0.15, -0.1) is 0 Å². The highest BCUT2D eigenvalue weighted by Gasteiger charge is 2.49. The van der Waals surface area contributed by atoms with Gasteiger partial charge < -0.3 is 15.5 Å². The van der Waals surface area contributed by atoms with Gasteiger partial charge in [-0.3, -0.25) is 19.7 Å². The highest BCUT2D eigenvalue weighted by molar-refractivity contribution is 6.06. The summed E-state index contributed by atoms with van der Waals surface area (Å²) < 4.78 is 0. The van der Waals surface area contributed by atoms with Crippen molar-refractivity contribution in [3.8, 4) is 0 Å². The molecule has 1 spiro atoms. The lowest BCUT2D eigenvalue weighted by Crippen LogP contribution is -2.54. The molecular weight excluding hydrogens is 336 g/mol. The fourth-order valence-corrected chi connectivity index (χ4v) is 4.12. The number of rotatable bonds is 1. The molecule has 4 rings (SSSR count). The molecule has 1 aromatic carbocycles. The molecule has 3 N–H and O–H groups in total. The Labute approximate surface area is 150 Å². The Morgan fingerprint density at radius 1 is 1.08 bits per heavy atom. The molecule has 136 valence electrons. The fourth-order valence-electron chi connectivity index (χ4n) is 4.12. The Hall–Kier alpha value is -2.90. The monoisotopic (exact) mass is 356 g/mol. The molecule has 8 heteroatoms. The molecule has 5 amide bonds. The predicted octanol–water partition coefficient (Wildman–Crippen LogP) is 0.487. The number of fused-ring (bicyclic) bond motifs is 2. The first-order valence-electron chi connectivity index (χ1n) is 8.80. The van der Waals surface area contributed by atoms with Crippen LogP contribution >= 0.6 is 0 Å². The van der Waals surface area contributed by atoms with Crippen LogP contribution in [0.15, 0.2) is 24.3 Å². The molecule has 8 nitrogen and oxygen atoms in total. The van der Waals surface area contributed by atoms with Crippen molar-refractivity contribution in [3.05, 3.63) is 29.8 Å². The lowest BCUT2D eigenvalue weighted by atomic mass is 9.73. The van der Waals surface area contributed by atoms with E-state index >= 15 is 0 Å². The van der Waals surface area contributed by atoms with Gasteiger partial charge in [-0.2, -0.15) is 0 Å². The molecule has 3 heterocycles. The Bertz CT molecular complexity index is 798. The van der Waals surface area contributed by atoms with Crippen molar-refractivity contribution in [3.63, 3.8) is 0 Å². The van der Waals surface area contributed by atoms with E-state index in [1.807, 2.05) is 24.3 Å². The van der Waals surface area contributed by atoms with Crippen LogP contribution in [0.1, 0.15) is 31.2 Å². The molecule has 2 fully saturated rings. The second-order valence-corrected chi connectivity index (χ2v) is 7.02. The number of benzene rings is 1. The van der Waals surface area contributed by atoms with E-state index in [1.54, 1.807) is 4.90 Å². The maximum atomic E-state index is 12.8. The maximum absolute atomic E-state index is 12.8. The van der Waals surface area contributed by atoms with Crippen LogP contribution in [-0.4, -0.2) is 47.8 Å². The number of likely N-dealkylation sites (tertiary alicyclic amines) is 1. The predicted molar refractivity (Wildman–Crippen MR) is 92.3 cm³/mol. The molecule has 3 aliphatic rings. The number of amides is 5. The number of urea groups is 1. The molecule has 26 heavy (non-hydrogen) atoms. The minimum Gasteiger partial charge on any atom is -0.341 e. The molecule has 2 saturated heterocycles. The minimum absolute atomic E-state index is 0.0108. The van der Waals surface area contributed by atoms with Gasteiger partial charge in [0, 0.05) is 25.2 Å². The second kappa shape index (κ2) is 6.12. The zero-order valence-corrected chi connectivity index (χ0v) is 14.2. The summed E-state index contributed by atoms with van der Waals surface area (Å²) in [6, 6.07) is 6.33. The van der Waals surface area contributed by atoms with Gasteiger partial charge in [-0.25, -0.2) is 4.79 Å². The Balaban J connectivity index is 1.47. The van der Waals surface area contributed by atoms with Gasteiger partial charge in [-0.1, -0.05) is 18.2 Å². The van der Waals surface area contributed by atoms with E-state index in [-0.39, 0.29) is 30.6 Å². The van der Waals surface area contributed by atoms with Gasteiger partial charge in [-0.05, 0) is 30.9 Å². The van der Waals surface area contributed by atoms with Crippen molar-refractivity contribution in [1.29, 1.82) is 0 Å². The number of hydrogen-bond acceptors (Lipinski definition) is 4. The number of para-hydroxylation sites is 1.